The van der Waals surface area contributed by atoms with E-state index in [1.807, 2.05) is 0 Å². The molecule has 1 aliphatic heterocycles. The first kappa shape index (κ1) is 13.0. The molecule has 3 unspecified atom stereocenters. The van der Waals surface area contributed by atoms with Crippen LogP contribution in [0.15, 0.2) is 0 Å². The highest BCUT2D eigenvalue weighted by molar-refractivity contribution is 5.51. The Morgan fingerprint density at radius 3 is 2.53 bits per heavy atom. The smallest absolute Gasteiger partial charge is 0.130 e. The number of aryl methyl sites for hydroxylation is 2. The lowest BCUT2D eigenvalue weighted by Crippen LogP contribution is -2.26. The fourth-order valence-corrected chi connectivity index (χ4v) is 4.05. The fourth-order valence-electron chi connectivity index (χ4n) is 4.05. The Kier molecular flexibility index (Phi) is 3.29. The summed E-state index contributed by atoms with van der Waals surface area (Å²) in [5.41, 5.74) is 8.51. The molecule has 19 heavy (non-hydrogen) atoms. The van der Waals surface area contributed by atoms with Gasteiger partial charge in [0.05, 0.1) is 5.69 Å². The maximum atomic E-state index is 6.01. The molecule has 4 nitrogen and oxygen atoms in total. The summed E-state index contributed by atoms with van der Waals surface area (Å²) in [6.07, 6.45) is 5.20. The summed E-state index contributed by atoms with van der Waals surface area (Å²) in [7, 11) is 2.07. The largest absolute Gasteiger partial charge is 0.356 e. The van der Waals surface area contributed by atoms with Crippen molar-refractivity contribution in [1.82, 2.24) is 9.78 Å². The SMILES string of the molecule is Cc1nn(C)c(N2CC3CCCC3C2)c1CC(C)N. The first-order chi connectivity index (χ1) is 9.06. The molecule has 1 aromatic heterocycles. The van der Waals surface area contributed by atoms with Gasteiger partial charge in [-0.2, -0.15) is 5.10 Å². The zero-order valence-corrected chi connectivity index (χ0v) is 12.4. The predicted molar refractivity (Wildman–Crippen MR) is 78.3 cm³/mol. The van der Waals surface area contributed by atoms with E-state index in [0.29, 0.717) is 0 Å². The third kappa shape index (κ3) is 2.27. The molecule has 3 atom stereocenters. The van der Waals surface area contributed by atoms with Crippen molar-refractivity contribution in [1.29, 1.82) is 0 Å². The predicted octanol–water partition coefficient (Wildman–Crippen LogP) is 1.85. The molecule has 2 heterocycles. The Bertz CT molecular complexity index is 451. The lowest BCUT2D eigenvalue weighted by Gasteiger charge is -2.22. The first-order valence-electron chi connectivity index (χ1n) is 7.59. The monoisotopic (exact) mass is 262 g/mol. The molecule has 0 radical (unpaired) electrons. The van der Waals surface area contributed by atoms with Gasteiger partial charge >= 0.3 is 0 Å². The molecule has 0 amide bonds. The minimum absolute atomic E-state index is 0.198. The van der Waals surface area contributed by atoms with Crippen LogP contribution in [0.5, 0.6) is 0 Å². The number of nitrogens with zero attached hydrogens (tertiary/aromatic N) is 3. The Labute approximate surface area is 116 Å². The van der Waals surface area contributed by atoms with Crippen LogP contribution in [0.2, 0.25) is 0 Å². The van der Waals surface area contributed by atoms with Crippen molar-refractivity contribution in [2.75, 3.05) is 18.0 Å². The number of anilines is 1. The van der Waals surface area contributed by atoms with Gasteiger partial charge in [-0.15, -0.1) is 0 Å². The molecular formula is C15H26N4. The zero-order valence-electron chi connectivity index (χ0n) is 12.4. The average Bonchev–Trinajstić information content (AvgIpc) is 2.92. The van der Waals surface area contributed by atoms with Gasteiger partial charge in [-0.1, -0.05) is 6.42 Å². The third-order valence-electron chi connectivity index (χ3n) is 4.87. The van der Waals surface area contributed by atoms with E-state index in [2.05, 4.69) is 35.6 Å². The van der Waals surface area contributed by atoms with E-state index in [1.54, 1.807) is 0 Å². The molecule has 1 aliphatic carbocycles. The summed E-state index contributed by atoms with van der Waals surface area (Å²) in [6.45, 7) is 6.62. The van der Waals surface area contributed by atoms with Crippen LogP contribution in [-0.2, 0) is 13.5 Å². The molecule has 106 valence electrons. The molecule has 2 fully saturated rings. The average molecular weight is 262 g/mol. The van der Waals surface area contributed by atoms with E-state index in [1.165, 1.54) is 43.7 Å². The van der Waals surface area contributed by atoms with Gasteiger partial charge in [-0.3, -0.25) is 4.68 Å². The Morgan fingerprint density at radius 2 is 1.95 bits per heavy atom. The zero-order chi connectivity index (χ0) is 13.6. The highest BCUT2D eigenvalue weighted by atomic mass is 15.4. The fraction of sp³-hybridized carbons (Fsp3) is 0.800. The van der Waals surface area contributed by atoms with Gasteiger partial charge in [0.25, 0.3) is 0 Å². The first-order valence-corrected chi connectivity index (χ1v) is 7.59. The van der Waals surface area contributed by atoms with E-state index in [9.17, 15) is 0 Å². The molecule has 2 aliphatic rings. The summed E-state index contributed by atoms with van der Waals surface area (Å²) in [6, 6.07) is 0.198. The van der Waals surface area contributed by atoms with E-state index in [4.69, 9.17) is 5.73 Å². The van der Waals surface area contributed by atoms with Crippen LogP contribution in [0.1, 0.15) is 37.4 Å². The van der Waals surface area contributed by atoms with Gasteiger partial charge in [-0.05, 0) is 44.9 Å². The van der Waals surface area contributed by atoms with Gasteiger partial charge in [0.15, 0.2) is 0 Å². The number of fused-ring (bicyclic) bond motifs is 1. The molecule has 0 spiro atoms. The lowest BCUT2D eigenvalue weighted by molar-refractivity contribution is 0.494. The lowest BCUT2D eigenvalue weighted by atomic mass is 10.0. The van der Waals surface area contributed by atoms with Gasteiger partial charge in [0, 0.05) is 31.7 Å². The van der Waals surface area contributed by atoms with Crippen molar-refractivity contribution in [3.63, 3.8) is 0 Å². The molecule has 1 saturated carbocycles. The van der Waals surface area contributed by atoms with Crippen LogP contribution in [0.25, 0.3) is 0 Å². The van der Waals surface area contributed by atoms with Gasteiger partial charge in [0.1, 0.15) is 5.82 Å². The summed E-state index contributed by atoms with van der Waals surface area (Å²) in [5, 5.41) is 4.62. The molecular weight excluding hydrogens is 236 g/mol. The van der Waals surface area contributed by atoms with E-state index in [0.717, 1.165) is 24.0 Å². The molecule has 0 bridgehead atoms. The maximum absolute atomic E-state index is 6.01. The van der Waals surface area contributed by atoms with Crippen LogP contribution in [-0.4, -0.2) is 28.9 Å². The van der Waals surface area contributed by atoms with Crippen LogP contribution in [0.4, 0.5) is 5.82 Å². The minimum atomic E-state index is 0.198. The Balaban J connectivity index is 1.88. The van der Waals surface area contributed by atoms with E-state index in [-0.39, 0.29) is 6.04 Å². The molecule has 0 aromatic carbocycles. The summed E-state index contributed by atoms with van der Waals surface area (Å²) < 4.78 is 2.06. The molecule has 3 rings (SSSR count). The van der Waals surface area contributed by atoms with Crippen molar-refractivity contribution in [3.8, 4) is 0 Å². The summed E-state index contributed by atoms with van der Waals surface area (Å²) in [4.78, 5) is 2.56. The van der Waals surface area contributed by atoms with Crippen molar-refractivity contribution >= 4 is 5.82 Å². The number of aromatic nitrogens is 2. The van der Waals surface area contributed by atoms with Crippen molar-refractivity contribution in [2.24, 2.45) is 24.6 Å². The number of nitrogens with two attached hydrogens (primary N) is 1. The van der Waals surface area contributed by atoms with E-state index < -0.39 is 0 Å². The quantitative estimate of drug-likeness (QED) is 0.904. The topological polar surface area (TPSA) is 47.1 Å². The van der Waals surface area contributed by atoms with Gasteiger partial charge in [0.2, 0.25) is 0 Å². The van der Waals surface area contributed by atoms with Crippen LogP contribution in [0.3, 0.4) is 0 Å². The molecule has 1 aromatic rings. The highest BCUT2D eigenvalue weighted by Crippen LogP contribution is 2.40. The normalized spacial score (nSPS) is 27.9. The van der Waals surface area contributed by atoms with Gasteiger partial charge in [-0.25, -0.2) is 0 Å². The standard InChI is InChI=1S/C15H26N4/c1-10(16)7-14-11(2)17-18(3)15(14)19-8-12-5-4-6-13(12)9-19/h10,12-13H,4-9,16H2,1-3H3. The second kappa shape index (κ2) is 4.82. The summed E-state index contributed by atoms with van der Waals surface area (Å²) in [5.74, 6) is 3.15. The third-order valence-corrected chi connectivity index (χ3v) is 4.87. The Morgan fingerprint density at radius 1 is 1.32 bits per heavy atom. The van der Waals surface area contributed by atoms with Crippen molar-refractivity contribution < 1.29 is 0 Å². The van der Waals surface area contributed by atoms with Crippen LogP contribution < -0.4 is 10.6 Å². The number of hydrogen-bond donors (Lipinski definition) is 1. The highest BCUT2D eigenvalue weighted by Gasteiger charge is 2.38. The molecule has 2 N–H and O–H groups in total. The maximum Gasteiger partial charge on any atom is 0.130 e. The minimum Gasteiger partial charge on any atom is -0.356 e. The molecule has 1 saturated heterocycles. The van der Waals surface area contributed by atoms with Crippen LogP contribution >= 0.6 is 0 Å². The van der Waals surface area contributed by atoms with Gasteiger partial charge < -0.3 is 10.6 Å². The van der Waals surface area contributed by atoms with E-state index >= 15 is 0 Å². The van der Waals surface area contributed by atoms with Crippen LogP contribution in [0, 0.1) is 18.8 Å². The number of rotatable bonds is 3. The summed E-state index contributed by atoms with van der Waals surface area (Å²) >= 11 is 0. The second-order valence-corrected chi connectivity index (χ2v) is 6.55. The molecule has 4 heteroatoms. The number of hydrogen-bond acceptors (Lipinski definition) is 3. The Hall–Kier alpha value is -1.03. The second-order valence-electron chi connectivity index (χ2n) is 6.55. The van der Waals surface area contributed by atoms with Crippen molar-refractivity contribution in [3.05, 3.63) is 11.3 Å². The van der Waals surface area contributed by atoms with Crippen molar-refractivity contribution in [2.45, 2.75) is 45.6 Å².